The lowest BCUT2D eigenvalue weighted by atomic mass is 9.79. The van der Waals surface area contributed by atoms with Gasteiger partial charge in [0.2, 0.25) is 0 Å². The highest BCUT2D eigenvalue weighted by molar-refractivity contribution is 6.05. The third-order valence-corrected chi connectivity index (χ3v) is 5.46. The largest absolute Gasteiger partial charge is 0.399 e. The van der Waals surface area contributed by atoms with Crippen LogP contribution in [0.4, 0.5) is 10.5 Å². The van der Waals surface area contributed by atoms with Crippen molar-refractivity contribution in [3.05, 3.63) is 41.1 Å². The molecule has 1 saturated heterocycles. The predicted octanol–water partition coefficient (Wildman–Crippen LogP) is 2.55. The quantitative estimate of drug-likeness (QED) is 0.771. The van der Waals surface area contributed by atoms with Crippen molar-refractivity contribution in [1.82, 2.24) is 9.91 Å². The number of urea groups is 1. The Morgan fingerprint density at radius 1 is 1.20 bits per heavy atom. The zero-order chi connectivity index (χ0) is 17.6. The zero-order valence-corrected chi connectivity index (χ0v) is 14.5. The van der Waals surface area contributed by atoms with Gasteiger partial charge >= 0.3 is 6.03 Å². The third-order valence-electron chi connectivity index (χ3n) is 5.46. The molecule has 6 heteroatoms. The molecule has 3 N–H and O–H groups in total. The van der Waals surface area contributed by atoms with Crippen LogP contribution in [0, 0.1) is 5.92 Å². The minimum absolute atomic E-state index is 0.0866. The van der Waals surface area contributed by atoms with Crippen molar-refractivity contribution in [2.45, 2.75) is 38.2 Å². The standard InChI is InChI=1S/C19H24N4O2/c1-22-11-17-15-10-9-14(24)3-2-4-16(15)18(21-23(17)19(22)25)12-5-7-13(20)8-6-12/h5-8,14,16,24H,2-4,9-11,20H2,1H3. The van der Waals surface area contributed by atoms with Crippen LogP contribution in [-0.4, -0.2) is 46.5 Å². The van der Waals surface area contributed by atoms with Crippen LogP contribution in [0.5, 0.6) is 0 Å². The lowest BCUT2D eigenvalue weighted by Gasteiger charge is -2.33. The predicted molar refractivity (Wildman–Crippen MR) is 96.9 cm³/mol. The fraction of sp³-hybridized carbons (Fsp3) is 0.474. The molecule has 2 aliphatic heterocycles. The van der Waals surface area contributed by atoms with Crippen LogP contribution in [0.2, 0.25) is 0 Å². The van der Waals surface area contributed by atoms with Crippen LogP contribution in [0.25, 0.3) is 0 Å². The lowest BCUT2D eigenvalue weighted by molar-refractivity contribution is 0.145. The second-order valence-corrected chi connectivity index (χ2v) is 7.21. The highest BCUT2D eigenvalue weighted by Crippen LogP contribution is 2.39. The van der Waals surface area contributed by atoms with Crippen molar-refractivity contribution in [1.29, 1.82) is 0 Å². The molecule has 6 nitrogen and oxygen atoms in total. The van der Waals surface area contributed by atoms with E-state index in [0.29, 0.717) is 6.54 Å². The van der Waals surface area contributed by atoms with Crippen LogP contribution < -0.4 is 5.73 Å². The maximum absolute atomic E-state index is 12.5. The van der Waals surface area contributed by atoms with Gasteiger partial charge in [-0.25, -0.2) is 4.79 Å². The van der Waals surface area contributed by atoms with Crippen LogP contribution >= 0.6 is 0 Å². The minimum atomic E-state index is -0.254. The first-order chi connectivity index (χ1) is 12.0. The first-order valence-corrected chi connectivity index (χ1v) is 8.94. The number of nitrogens with two attached hydrogens (primary N) is 1. The first-order valence-electron chi connectivity index (χ1n) is 8.94. The molecule has 0 spiro atoms. The normalized spacial score (nSPS) is 26.8. The number of amides is 2. The Labute approximate surface area is 147 Å². The molecule has 1 aromatic carbocycles. The summed E-state index contributed by atoms with van der Waals surface area (Å²) in [4.78, 5) is 14.2. The highest BCUT2D eigenvalue weighted by Gasteiger charge is 2.40. The summed E-state index contributed by atoms with van der Waals surface area (Å²) < 4.78 is 0. The van der Waals surface area contributed by atoms with E-state index in [1.807, 2.05) is 24.3 Å². The molecule has 2 unspecified atom stereocenters. The Morgan fingerprint density at radius 3 is 2.72 bits per heavy atom. The summed E-state index contributed by atoms with van der Waals surface area (Å²) in [5, 5.41) is 16.4. The average molecular weight is 340 g/mol. The molecule has 2 fully saturated rings. The number of aliphatic hydroxyl groups is 1. The summed E-state index contributed by atoms with van der Waals surface area (Å²) in [7, 11) is 1.80. The number of fused-ring (bicyclic) bond motifs is 2. The molecule has 1 aliphatic carbocycles. The molecule has 4 rings (SSSR count). The molecule has 1 aromatic rings. The molecule has 2 amide bonds. The van der Waals surface area contributed by atoms with Crippen molar-refractivity contribution in [3.63, 3.8) is 0 Å². The van der Waals surface area contributed by atoms with Crippen LogP contribution in [0.15, 0.2) is 40.6 Å². The maximum Gasteiger partial charge on any atom is 0.345 e. The van der Waals surface area contributed by atoms with Gasteiger partial charge in [0.25, 0.3) is 0 Å². The first kappa shape index (κ1) is 16.1. The van der Waals surface area contributed by atoms with Gasteiger partial charge in [0, 0.05) is 18.7 Å². The van der Waals surface area contributed by atoms with Crippen molar-refractivity contribution >= 4 is 17.4 Å². The van der Waals surface area contributed by atoms with Crippen molar-refractivity contribution < 1.29 is 9.90 Å². The van der Waals surface area contributed by atoms with E-state index in [-0.39, 0.29) is 18.1 Å². The average Bonchev–Trinajstić information content (AvgIpc) is 2.86. The second kappa shape index (κ2) is 6.19. The Balaban J connectivity index is 1.79. The zero-order valence-electron chi connectivity index (χ0n) is 14.5. The fourth-order valence-corrected chi connectivity index (χ4v) is 4.09. The van der Waals surface area contributed by atoms with Crippen molar-refractivity contribution in [2.24, 2.45) is 11.0 Å². The Morgan fingerprint density at radius 2 is 1.96 bits per heavy atom. The number of anilines is 1. The number of allylic oxidation sites excluding steroid dienone is 1. The molecule has 0 bridgehead atoms. The molecule has 0 aromatic heterocycles. The monoisotopic (exact) mass is 340 g/mol. The van der Waals surface area contributed by atoms with Gasteiger partial charge in [-0.05, 0) is 55.4 Å². The van der Waals surface area contributed by atoms with Crippen LogP contribution in [0.3, 0.4) is 0 Å². The molecule has 132 valence electrons. The van der Waals surface area contributed by atoms with Gasteiger partial charge in [-0.3, -0.25) is 0 Å². The molecular formula is C19H24N4O2. The maximum atomic E-state index is 12.5. The summed E-state index contributed by atoms with van der Waals surface area (Å²) in [6.45, 7) is 0.597. The minimum Gasteiger partial charge on any atom is -0.399 e. The van der Waals surface area contributed by atoms with Gasteiger partial charge in [-0.2, -0.15) is 10.1 Å². The summed E-state index contributed by atoms with van der Waals surface area (Å²) >= 11 is 0. The van der Waals surface area contributed by atoms with Gasteiger partial charge in [-0.15, -0.1) is 0 Å². The van der Waals surface area contributed by atoms with E-state index in [1.54, 1.807) is 17.0 Å². The summed E-state index contributed by atoms with van der Waals surface area (Å²) in [6, 6.07) is 7.63. The van der Waals surface area contributed by atoms with E-state index in [4.69, 9.17) is 10.8 Å². The molecule has 3 aliphatic rings. The molecule has 25 heavy (non-hydrogen) atoms. The number of hydrazone groups is 1. The molecule has 1 saturated carbocycles. The van der Waals surface area contributed by atoms with E-state index in [1.165, 1.54) is 5.57 Å². The number of benzene rings is 1. The van der Waals surface area contributed by atoms with Gasteiger partial charge in [-0.1, -0.05) is 12.1 Å². The smallest absolute Gasteiger partial charge is 0.345 e. The molecule has 0 radical (unpaired) electrons. The fourth-order valence-electron chi connectivity index (χ4n) is 4.09. The Kier molecular flexibility index (Phi) is 4.00. The van der Waals surface area contributed by atoms with E-state index in [0.717, 1.165) is 54.8 Å². The van der Waals surface area contributed by atoms with Gasteiger partial charge in [0.05, 0.1) is 24.1 Å². The van der Waals surface area contributed by atoms with Gasteiger partial charge < -0.3 is 15.7 Å². The number of aliphatic hydroxyl groups excluding tert-OH is 1. The lowest BCUT2D eigenvalue weighted by Crippen LogP contribution is -2.34. The van der Waals surface area contributed by atoms with E-state index >= 15 is 0 Å². The topological polar surface area (TPSA) is 82.2 Å². The molecular weight excluding hydrogens is 316 g/mol. The van der Waals surface area contributed by atoms with Crippen LogP contribution in [0.1, 0.15) is 37.7 Å². The number of carbonyl (C=O) groups is 1. The van der Waals surface area contributed by atoms with E-state index < -0.39 is 0 Å². The number of likely N-dealkylation sites (N-methyl/N-ethyl adjacent to an activating group) is 1. The number of rotatable bonds is 1. The number of hydrogen-bond donors (Lipinski definition) is 2. The van der Waals surface area contributed by atoms with Crippen molar-refractivity contribution in [3.8, 4) is 0 Å². The van der Waals surface area contributed by atoms with Gasteiger partial charge in [0.1, 0.15) is 0 Å². The van der Waals surface area contributed by atoms with Crippen LogP contribution in [-0.2, 0) is 0 Å². The Bertz CT molecular complexity index is 753. The summed E-state index contributed by atoms with van der Waals surface area (Å²) in [6.07, 6.45) is 4.04. The summed E-state index contributed by atoms with van der Waals surface area (Å²) in [5.74, 6) is 0.210. The Hall–Kier alpha value is -2.34. The third kappa shape index (κ3) is 2.80. The van der Waals surface area contributed by atoms with E-state index in [2.05, 4.69) is 0 Å². The SMILES string of the molecule is CN1CC2=C3CCC(O)CCCC3C(c3ccc(N)cc3)=NN2C1=O. The number of nitrogens with zero attached hydrogens (tertiary/aromatic N) is 3. The molecule has 2 heterocycles. The second-order valence-electron chi connectivity index (χ2n) is 7.21. The number of hydrogen-bond acceptors (Lipinski definition) is 4. The number of carbonyl (C=O) groups excluding carboxylic acids is 1. The number of nitrogen functional groups attached to an aromatic ring is 1. The van der Waals surface area contributed by atoms with Crippen molar-refractivity contribution in [2.75, 3.05) is 19.3 Å². The highest BCUT2D eigenvalue weighted by atomic mass is 16.3. The van der Waals surface area contributed by atoms with Gasteiger partial charge in [0.15, 0.2) is 0 Å². The summed E-state index contributed by atoms with van der Waals surface area (Å²) in [5.41, 5.74) is 10.8. The van der Waals surface area contributed by atoms with E-state index in [9.17, 15) is 9.90 Å². The molecule has 2 atom stereocenters.